The van der Waals surface area contributed by atoms with Crippen molar-refractivity contribution in [2.24, 2.45) is 0 Å². The van der Waals surface area contributed by atoms with Gasteiger partial charge in [0.05, 0.1) is 0 Å². The molecule has 1 amide bonds. The predicted octanol–water partition coefficient (Wildman–Crippen LogP) is 2.11. The van der Waals surface area contributed by atoms with Crippen molar-refractivity contribution in [3.8, 4) is 0 Å². The van der Waals surface area contributed by atoms with E-state index >= 15 is 0 Å². The van der Waals surface area contributed by atoms with Crippen molar-refractivity contribution >= 4 is 5.91 Å². The molecule has 0 aromatic heterocycles. The van der Waals surface area contributed by atoms with Crippen LogP contribution in [0.15, 0.2) is 43.1 Å². The van der Waals surface area contributed by atoms with E-state index in [1.54, 1.807) is 0 Å². The van der Waals surface area contributed by atoms with Gasteiger partial charge in [-0.2, -0.15) is 5.06 Å². The Balaban J connectivity index is 2.47. The average molecular weight is 191 g/mol. The van der Waals surface area contributed by atoms with Gasteiger partial charge in [-0.15, -0.1) is 0 Å². The van der Waals surface area contributed by atoms with E-state index in [1.165, 1.54) is 13.1 Å². The van der Waals surface area contributed by atoms with Gasteiger partial charge in [0, 0.05) is 13.1 Å². The minimum absolute atomic E-state index is 0.184. The number of amides is 1. The van der Waals surface area contributed by atoms with Gasteiger partial charge in [0.15, 0.2) is 0 Å². The molecule has 0 fully saturated rings. The molecule has 74 valence electrons. The third kappa shape index (κ3) is 3.03. The van der Waals surface area contributed by atoms with Gasteiger partial charge in [-0.3, -0.25) is 9.63 Å². The molecule has 0 saturated carbocycles. The van der Waals surface area contributed by atoms with Crippen LogP contribution in [-0.4, -0.2) is 11.0 Å². The molecule has 14 heavy (non-hydrogen) atoms. The van der Waals surface area contributed by atoms with Crippen LogP contribution in [0.5, 0.6) is 0 Å². The summed E-state index contributed by atoms with van der Waals surface area (Å²) in [5.41, 5.74) is 1.01. The maximum absolute atomic E-state index is 10.9. The number of carbonyl (C=O) groups excluding carboxylic acids is 1. The molecule has 0 heterocycles. The van der Waals surface area contributed by atoms with Gasteiger partial charge in [0.25, 0.3) is 0 Å². The molecule has 0 aliphatic rings. The second-order valence-corrected chi connectivity index (χ2v) is 2.79. The van der Waals surface area contributed by atoms with E-state index in [0.29, 0.717) is 6.61 Å². The molecule has 0 aliphatic heterocycles. The third-order valence-corrected chi connectivity index (χ3v) is 1.69. The van der Waals surface area contributed by atoms with Crippen LogP contribution in [0.1, 0.15) is 12.5 Å². The van der Waals surface area contributed by atoms with Gasteiger partial charge < -0.3 is 0 Å². The lowest BCUT2D eigenvalue weighted by Crippen LogP contribution is -2.22. The molecule has 0 radical (unpaired) electrons. The molecular formula is C11H13NO2. The van der Waals surface area contributed by atoms with Gasteiger partial charge in [-0.05, 0) is 5.56 Å². The summed E-state index contributed by atoms with van der Waals surface area (Å²) in [5, 5.41) is 1.12. The summed E-state index contributed by atoms with van der Waals surface area (Å²) in [7, 11) is 0. The number of benzene rings is 1. The fraction of sp³-hybridized carbons (Fsp3) is 0.182. The van der Waals surface area contributed by atoms with Gasteiger partial charge >= 0.3 is 0 Å². The Bertz CT molecular complexity index is 308. The molecule has 1 aromatic rings. The van der Waals surface area contributed by atoms with Crippen LogP contribution in [0.4, 0.5) is 0 Å². The quantitative estimate of drug-likeness (QED) is 0.682. The van der Waals surface area contributed by atoms with Crippen LogP contribution in [0.25, 0.3) is 0 Å². The lowest BCUT2D eigenvalue weighted by Gasteiger charge is -2.14. The number of nitrogens with zero attached hydrogens (tertiary/aromatic N) is 1. The molecule has 0 N–H and O–H groups in total. The minimum atomic E-state index is -0.184. The highest BCUT2D eigenvalue weighted by Gasteiger charge is 2.03. The highest BCUT2D eigenvalue weighted by Crippen LogP contribution is 2.03. The SMILES string of the molecule is C=CN(OCc1ccccc1)C(C)=O. The van der Waals surface area contributed by atoms with E-state index in [1.807, 2.05) is 30.3 Å². The Morgan fingerprint density at radius 2 is 2.14 bits per heavy atom. The maximum atomic E-state index is 10.9. The molecular weight excluding hydrogens is 178 g/mol. The molecule has 0 aliphatic carbocycles. The summed E-state index contributed by atoms with van der Waals surface area (Å²) in [6.45, 7) is 5.27. The zero-order valence-corrected chi connectivity index (χ0v) is 8.14. The summed E-state index contributed by atoms with van der Waals surface area (Å²) >= 11 is 0. The van der Waals surface area contributed by atoms with Crippen LogP contribution in [-0.2, 0) is 16.2 Å². The van der Waals surface area contributed by atoms with E-state index in [9.17, 15) is 4.79 Å². The molecule has 1 aromatic carbocycles. The maximum Gasteiger partial charge on any atom is 0.247 e. The number of hydroxylamine groups is 2. The number of rotatable bonds is 4. The highest BCUT2D eigenvalue weighted by molar-refractivity contribution is 5.72. The second kappa shape index (κ2) is 5.19. The fourth-order valence-corrected chi connectivity index (χ4v) is 0.990. The Morgan fingerprint density at radius 1 is 1.50 bits per heavy atom. The Hall–Kier alpha value is -1.61. The van der Waals surface area contributed by atoms with Gasteiger partial charge in [0.1, 0.15) is 6.61 Å². The van der Waals surface area contributed by atoms with E-state index in [0.717, 1.165) is 10.6 Å². The lowest BCUT2D eigenvalue weighted by molar-refractivity contribution is -0.171. The van der Waals surface area contributed by atoms with Crippen molar-refractivity contribution < 1.29 is 9.63 Å². The van der Waals surface area contributed by atoms with Crippen molar-refractivity contribution in [1.82, 2.24) is 5.06 Å². The Kier molecular flexibility index (Phi) is 3.88. The zero-order valence-electron chi connectivity index (χ0n) is 8.14. The van der Waals surface area contributed by atoms with Gasteiger partial charge in [-0.1, -0.05) is 36.9 Å². The summed E-state index contributed by atoms with van der Waals surface area (Å²) in [6.07, 6.45) is 1.35. The smallest absolute Gasteiger partial charge is 0.247 e. The standard InChI is InChI=1S/C11H13NO2/c1-3-12(10(2)13)14-9-11-7-5-4-6-8-11/h3-8H,1,9H2,2H3. The summed E-state index contributed by atoms with van der Waals surface area (Å²) in [6, 6.07) is 9.64. The summed E-state index contributed by atoms with van der Waals surface area (Å²) in [4.78, 5) is 16.1. The second-order valence-electron chi connectivity index (χ2n) is 2.79. The molecule has 3 nitrogen and oxygen atoms in total. The molecule has 0 unspecified atom stereocenters. The van der Waals surface area contributed by atoms with E-state index in [4.69, 9.17) is 4.84 Å². The first-order chi connectivity index (χ1) is 6.74. The summed E-state index contributed by atoms with van der Waals surface area (Å²) in [5.74, 6) is -0.184. The van der Waals surface area contributed by atoms with Gasteiger partial charge in [0.2, 0.25) is 5.91 Å². The van der Waals surface area contributed by atoms with Crippen molar-refractivity contribution in [3.05, 3.63) is 48.7 Å². The number of hydrogen-bond donors (Lipinski definition) is 0. The molecule has 0 bridgehead atoms. The normalized spacial score (nSPS) is 9.50. The zero-order chi connectivity index (χ0) is 10.4. The van der Waals surface area contributed by atoms with Crippen LogP contribution >= 0.6 is 0 Å². The number of carbonyl (C=O) groups is 1. The topological polar surface area (TPSA) is 29.5 Å². The molecule has 1 rings (SSSR count). The van der Waals surface area contributed by atoms with E-state index in [-0.39, 0.29) is 5.91 Å². The number of hydrogen-bond acceptors (Lipinski definition) is 2. The van der Waals surface area contributed by atoms with Crippen molar-refractivity contribution in [2.75, 3.05) is 0 Å². The fourth-order valence-electron chi connectivity index (χ4n) is 0.990. The first kappa shape index (κ1) is 10.5. The highest BCUT2D eigenvalue weighted by atomic mass is 16.7. The monoisotopic (exact) mass is 191 g/mol. The average Bonchev–Trinajstić information content (AvgIpc) is 2.20. The predicted molar refractivity (Wildman–Crippen MR) is 53.9 cm³/mol. The van der Waals surface area contributed by atoms with Crippen molar-refractivity contribution in [1.29, 1.82) is 0 Å². The van der Waals surface area contributed by atoms with Crippen LogP contribution in [0.3, 0.4) is 0 Å². The molecule has 0 saturated heterocycles. The first-order valence-electron chi connectivity index (χ1n) is 4.33. The molecule has 0 atom stereocenters. The van der Waals surface area contributed by atoms with E-state index in [2.05, 4.69) is 6.58 Å². The largest absolute Gasteiger partial charge is 0.273 e. The van der Waals surface area contributed by atoms with Crippen LogP contribution in [0.2, 0.25) is 0 Å². The lowest BCUT2D eigenvalue weighted by atomic mass is 10.2. The van der Waals surface area contributed by atoms with E-state index < -0.39 is 0 Å². The first-order valence-corrected chi connectivity index (χ1v) is 4.33. The summed E-state index contributed by atoms with van der Waals surface area (Å²) < 4.78 is 0. The van der Waals surface area contributed by atoms with Gasteiger partial charge in [-0.25, -0.2) is 0 Å². The molecule has 3 heteroatoms. The Morgan fingerprint density at radius 3 is 2.64 bits per heavy atom. The van der Waals surface area contributed by atoms with Crippen molar-refractivity contribution in [3.63, 3.8) is 0 Å². The van der Waals surface area contributed by atoms with Crippen molar-refractivity contribution in [2.45, 2.75) is 13.5 Å². The molecule has 0 spiro atoms. The Labute approximate surface area is 83.6 Å². The van der Waals surface area contributed by atoms with Crippen LogP contribution < -0.4 is 0 Å². The van der Waals surface area contributed by atoms with Crippen LogP contribution in [0, 0.1) is 0 Å². The minimum Gasteiger partial charge on any atom is -0.273 e. The third-order valence-electron chi connectivity index (χ3n) is 1.69.